The van der Waals surface area contributed by atoms with Crippen molar-refractivity contribution < 1.29 is 18.8 Å². The molecule has 0 aliphatic rings. The Morgan fingerprint density at radius 1 is 1.22 bits per heavy atom. The Morgan fingerprint density at radius 2 is 1.96 bits per heavy atom. The third kappa shape index (κ3) is 5.90. The van der Waals surface area contributed by atoms with E-state index in [9.17, 15) is 4.79 Å². The SMILES string of the molecule is COc1ccc(OCCNC(=O)CCNc2cc(C)on2)cc1. The van der Waals surface area contributed by atoms with Gasteiger partial charge in [0.25, 0.3) is 0 Å². The zero-order chi connectivity index (χ0) is 16.5. The van der Waals surface area contributed by atoms with Crippen LogP contribution in [0.25, 0.3) is 0 Å². The summed E-state index contributed by atoms with van der Waals surface area (Å²) in [5.74, 6) is 2.84. The largest absolute Gasteiger partial charge is 0.497 e. The van der Waals surface area contributed by atoms with Gasteiger partial charge in [0.2, 0.25) is 5.91 Å². The zero-order valence-electron chi connectivity index (χ0n) is 13.3. The summed E-state index contributed by atoms with van der Waals surface area (Å²) in [6.07, 6.45) is 0.356. The minimum absolute atomic E-state index is 0.0453. The topological polar surface area (TPSA) is 85.6 Å². The second kappa shape index (κ2) is 8.67. The fourth-order valence-corrected chi connectivity index (χ4v) is 1.87. The van der Waals surface area contributed by atoms with Crippen LogP contribution in [0.5, 0.6) is 11.5 Å². The number of hydrogen-bond acceptors (Lipinski definition) is 6. The van der Waals surface area contributed by atoms with Crippen molar-refractivity contribution >= 4 is 11.7 Å². The van der Waals surface area contributed by atoms with Crippen LogP contribution in [0.1, 0.15) is 12.2 Å². The van der Waals surface area contributed by atoms with Gasteiger partial charge >= 0.3 is 0 Å². The number of nitrogens with zero attached hydrogens (tertiary/aromatic N) is 1. The number of anilines is 1. The highest BCUT2D eigenvalue weighted by Crippen LogP contribution is 2.16. The van der Waals surface area contributed by atoms with E-state index in [0.717, 1.165) is 17.3 Å². The Balaban J connectivity index is 1.55. The number of ether oxygens (including phenoxy) is 2. The van der Waals surface area contributed by atoms with Crippen LogP contribution in [0.2, 0.25) is 0 Å². The number of aromatic nitrogens is 1. The van der Waals surface area contributed by atoms with Crippen LogP contribution < -0.4 is 20.1 Å². The molecule has 1 aromatic heterocycles. The summed E-state index contributed by atoms with van der Waals surface area (Å²) in [5, 5.41) is 9.60. The number of amides is 1. The number of rotatable bonds is 9. The minimum Gasteiger partial charge on any atom is -0.497 e. The number of aryl methyl sites for hydroxylation is 1. The number of hydrogen-bond donors (Lipinski definition) is 2. The maximum Gasteiger partial charge on any atom is 0.221 e. The first-order valence-corrected chi connectivity index (χ1v) is 7.38. The lowest BCUT2D eigenvalue weighted by Gasteiger charge is -2.08. The molecule has 0 unspecified atom stereocenters. The van der Waals surface area contributed by atoms with Crippen LogP contribution in [0.15, 0.2) is 34.9 Å². The monoisotopic (exact) mass is 319 g/mol. The molecule has 1 aromatic carbocycles. The summed E-state index contributed by atoms with van der Waals surface area (Å²) in [6, 6.07) is 9.08. The lowest BCUT2D eigenvalue weighted by atomic mass is 10.3. The molecule has 124 valence electrons. The van der Waals surface area contributed by atoms with Crippen molar-refractivity contribution in [1.29, 1.82) is 0 Å². The van der Waals surface area contributed by atoms with Crippen LogP contribution in [-0.4, -0.2) is 37.9 Å². The van der Waals surface area contributed by atoms with Gasteiger partial charge in [-0.1, -0.05) is 5.16 Å². The molecule has 0 bridgehead atoms. The second-order valence-electron chi connectivity index (χ2n) is 4.87. The standard InChI is InChI=1S/C16H21N3O4/c1-12-11-15(19-23-12)17-8-7-16(20)18-9-10-22-14-5-3-13(21-2)4-6-14/h3-6,11H,7-10H2,1-2H3,(H,17,19)(H,18,20). The van der Waals surface area contributed by atoms with E-state index in [1.54, 1.807) is 13.2 Å². The van der Waals surface area contributed by atoms with E-state index in [2.05, 4.69) is 15.8 Å². The maximum atomic E-state index is 11.7. The van der Waals surface area contributed by atoms with E-state index >= 15 is 0 Å². The number of methoxy groups -OCH3 is 1. The van der Waals surface area contributed by atoms with Gasteiger partial charge in [-0.15, -0.1) is 0 Å². The quantitative estimate of drug-likeness (QED) is 0.688. The highest BCUT2D eigenvalue weighted by atomic mass is 16.5. The smallest absolute Gasteiger partial charge is 0.221 e. The lowest BCUT2D eigenvalue weighted by molar-refractivity contribution is -0.120. The molecule has 0 spiro atoms. The Morgan fingerprint density at radius 3 is 2.61 bits per heavy atom. The first-order chi connectivity index (χ1) is 11.2. The van der Waals surface area contributed by atoms with Gasteiger partial charge in [0, 0.05) is 19.0 Å². The van der Waals surface area contributed by atoms with E-state index < -0.39 is 0 Å². The number of carbonyl (C=O) groups excluding carboxylic acids is 1. The third-order valence-electron chi connectivity index (χ3n) is 3.04. The zero-order valence-corrected chi connectivity index (χ0v) is 13.3. The summed E-state index contributed by atoms with van der Waals surface area (Å²) < 4.78 is 15.5. The van der Waals surface area contributed by atoms with Gasteiger partial charge in [-0.3, -0.25) is 4.79 Å². The molecule has 0 aliphatic carbocycles. The highest BCUT2D eigenvalue weighted by Gasteiger charge is 2.03. The molecule has 2 aromatic rings. The molecule has 0 atom stereocenters. The van der Waals surface area contributed by atoms with Crippen molar-refractivity contribution in [2.24, 2.45) is 0 Å². The van der Waals surface area contributed by atoms with E-state index in [0.29, 0.717) is 31.9 Å². The second-order valence-corrected chi connectivity index (χ2v) is 4.87. The van der Waals surface area contributed by atoms with Crippen molar-refractivity contribution in [1.82, 2.24) is 10.5 Å². The molecule has 2 N–H and O–H groups in total. The summed E-state index contributed by atoms with van der Waals surface area (Å²) >= 11 is 0. The Hall–Kier alpha value is -2.70. The van der Waals surface area contributed by atoms with Crippen LogP contribution in [0.4, 0.5) is 5.82 Å². The lowest BCUT2D eigenvalue weighted by Crippen LogP contribution is -2.29. The van der Waals surface area contributed by atoms with Crippen molar-refractivity contribution in [3.05, 3.63) is 36.1 Å². The van der Waals surface area contributed by atoms with Crippen molar-refractivity contribution in [2.75, 3.05) is 32.1 Å². The van der Waals surface area contributed by atoms with Gasteiger partial charge in [-0.2, -0.15) is 0 Å². The van der Waals surface area contributed by atoms with Crippen molar-refractivity contribution in [3.63, 3.8) is 0 Å². The Labute approximate surface area is 134 Å². The molecule has 0 fully saturated rings. The highest BCUT2D eigenvalue weighted by molar-refractivity contribution is 5.76. The normalized spacial score (nSPS) is 10.2. The van der Waals surface area contributed by atoms with Crippen LogP contribution in [-0.2, 0) is 4.79 Å². The number of carbonyl (C=O) groups is 1. The van der Waals surface area contributed by atoms with E-state index in [1.165, 1.54) is 0 Å². The van der Waals surface area contributed by atoms with Crippen molar-refractivity contribution in [3.8, 4) is 11.5 Å². The molecule has 0 aliphatic heterocycles. The average Bonchev–Trinajstić information content (AvgIpc) is 2.97. The van der Waals surface area contributed by atoms with Crippen molar-refractivity contribution in [2.45, 2.75) is 13.3 Å². The first-order valence-electron chi connectivity index (χ1n) is 7.38. The fraction of sp³-hybridized carbons (Fsp3) is 0.375. The molecule has 0 saturated heterocycles. The van der Waals surface area contributed by atoms with Gasteiger partial charge in [0.05, 0.1) is 13.7 Å². The Bertz CT molecular complexity index is 610. The van der Waals surface area contributed by atoms with Gasteiger partial charge < -0.3 is 24.6 Å². The maximum absolute atomic E-state index is 11.7. The van der Waals surface area contributed by atoms with E-state index in [1.807, 2.05) is 31.2 Å². The average molecular weight is 319 g/mol. The fourth-order valence-electron chi connectivity index (χ4n) is 1.87. The first kappa shape index (κ1) is 16.7. The molecule has 2 rings (SSSR count). The molecule has 7 nitrogen and oxygen atoms in total. The number of nitrogens with one attached hydrogen (secondary N) is 2. The number of benzene rings is 1. The summed E-state index contributed by atoms with van der Waals surface area (Å²) in [6.45, 7) is 3.17. The minimum atomic E-state index is -0.0453. The molecule has 1 amide bonds. The molecular weight excluding hydrogens is 298 g/mol. The summed E-state index contributed by atoms with van der Waals surface area (Å²) in [4.78, 5) is 11.7. The summed E-state index contributed by atoms with van der Waals surface area (Å²) in [7, 11) is 1.62. The molecule has 1 heterocycles. The summed E-state index contributed by atoms with van der Waals surface area (Å²) in [5.41, 5.74) is 0. The van der Waals surface area contributed by atoms with E-state index in [4.69, 9.17) is 14.0 Å². The molecular formula is C16H21N3O4. The predicted molar refractivity (Wildman–Crippen MR) is 85.8 cm³/mol. The van der Waals surface area contributed by atoms with Gasteiger partial charge in [0.15, 0.2) is 5.82 Å². The van der Waals surface area contributed by atoms with Gasteiger partial charge in [0.1, 0.15) is 23.9 Å². The van der Waals surface area contributed by atoms with Crippen LogP contribution >= 0.6 is 0 Å². The van der Waals surface area contributed by atoms with Crippen LogP contribution in [0.3, 0.4) is 0 Å². The molecule has 0 radical (unpaired) electrons. The predicted octanol–water partition coefficient (Wildman–Crippen LogP) is 1.99. The third-order valence-corrected chi connectivity index (χ3v) is 3.04. The molecule has 23 heavy (non-hydrogen) atoms. The van der Waals surface area contributed by atoms with Gasteiger partial charge in [-0.25, -0.2) is 0 Å². The Kier molecular flexibility index (Phi) is 6.28. The van der Waals surface area contributed by atoms with E-state index in [-0.39, 0.29) is 5.91 Å². The van der Waals surface area contributed by atoms with Crippen LogP contribution in [0, 0.1) is 6.92 Å². The molecule has 0 saturated carbocycles. The van der Waals surface area contributed by atoms with Gasteiger partial charge in [-0.05, 0) is 31.2 Å². The molecule has 7 heteroatoms.